The summed E-state index contributed by atoms with van der Waals surface area (Å²) in [7, 11) is -2.79. The van der Waals surface area contributed by atoms with Gasteiger partial charge in [-0.1, -0.05) is 0 Å². The first-order valence-electron chi connectivity index (χ1n) is 5.04. The third-order valence-electron chi connectivity index (χ3n) is 2.59. The van der Waals surface area contributed by atoms with Crippen molar-refractivity contribution in [2.24, 2.45) is 0 Å². The lowest BCUT2D eigenvalue weighted by atomic mass is 10.2. The van der Waals surface area contributed by atoms with Crippen LogP contribution in [0.1, 0.15) is 17.9 Å². The van der Waals surface area contributed by atoms with Crippen LogP contribution in [-0.4, -0.2) is 26.0 Å². The largest absolute Gasteiger partial charge is 0.465 e. The fourth-order valence-corrected chi connectivity index (χ4v) is 3.49. The predicted octanol–water partition coefficient (Wildman–Crippen LogP) is 0.865. The van der Waals surface area contributed by atoms with Crippen molar-refractivity contribution in [1.29, 1.82) is 0 Å². The maximum atomic E-state index is 11.2. The number of sulfone groups is 1. The second-order valence-electron chi connectivity index (χ2n) is 3.99. The van der Waals surface area contributed by atoms with E-state index in [1.807, 2.05) is 19.1 Å². The van der Waals surface area contributed by atoms with Gasteiger partial charge in [-0.15, -0.1) is 0 Å². The molecule has 1 aromatic rings. The number of aryl methyl sites for hydroxylation is 1. The number of rotatable bonds is 3. The molecule has 4 nitrogen and oxygen atoms in total. The van der Waals surface area contributed by atoms with Gasteiger partial charge in [-0.3, -0.25) is 0 Å². The Labute approximate surface area is 89.6 Å². The standard InChI is InChI=1S/C10H15NO3S/c1-8-2-3-10(14-8)6-11-9-4-5-15(12,13)7-9/h2-3,9,11H,4-7H2,1H3. The minimum atomic E-state index is -2.79. The van der Waals surface area contributed by atoms with Crippen molar-refractivity contribution in [2.45, 2.75) is 25.9 Å². The van der Waals surface area contributed by atoms with Crippen LogP contribution in [0.25, 0.3) is 0 Å². The molecule has 1 atom stereocenters. The lowest BCUT2D eigenvalue weighted by molar-refractivity contribution is 0.442. The van der Waals surface area contributed by atoms with Crippen molar-refractivity contribution in [3.8, 4) is 0 Å². The summed E-state index contributed by atoms with van der Waals surface area (Å²) in [6, 6.07) is 3.90. The van der Waals surface area contributed by atoms with Crippen molar-refractivity contribution in [1.82, 2.24) is 5.32 Å². The van der Waals surface area contributed by atoms with Gasteiger partial charge in [-0.25, -0.2) is 8.42 Å². The fraction of sp³-hybridized carbons (Fsp3) is 0.600. The molecule has 1 aromatic heterocycles. The van der Waals surface area contributed by atoms with Crippen LogP contribution < -0.4 is 5.32 Å². The summed E-state index contributed by atoms with van der Waals surface area (Å²) in [6.45, 7) is 2.50. The molecular formula is C10H15NO3S. The van der Waals surface area contributed by atoms with Gasteiger partial charge in [0.25, 0.3) is 0 Å². The summed E-state index contributed by atoms with van der Waals surface area (Å²) in [5.74, 6) is 2.30. The molecule has 1 aliphatic heterocycles. The second-order valence-corrected chi connectivity index (χ2v) is 6.22. The molecule has 0 spiro atoms. The maximum absolute atomic E-state index is 11.2. The van der Waals surface area contributed by atoms with E-state index in [2.05, 4.69) is 5.32 Å². The van der Waals surface area contributed by atoms with E-state index >= 15 is 0 Å². The first kappa shape index (κ1) is 10.7. The lowest BCUT2D eigenvalue weighted by Gasteiger charge is -2.08. The molecule has 1 N–H and O–H groups in total. The Balaban J connectivity index is 1.85. The topological polar surface area (TPSA) is 59.3 Å². The molecule has 0 amide bonds. The highest BCUT2D eigenvalue weighted by Gasteiger charge is 2.27. The molecule has 0 bridgehead atoms. The van der Waals surface area contributed by atoms with E-state index in [0.717, 1.165) is 11.5 Å². The Morgan fingerprint density at radius 2 is 2.33 bits per heavy atom. The Morgan fingerprint density at radius 1 is 1.53 bits per heavy atom. The van der Waals surface area contributed by atoms with Crippen molar-refractivity contribution in [3.05, 3.63) is 23.7 Å². The highest BCUT2D eigenvalue weighted by molar-refractivity contribution is 7.91. The van der Waals surface area contributed by atoms with Crippen LogP contribution in [0.5, 0.6) is 0 Å². The highest BCUT2D eigenvalue weighted by atomic mass is 32.2. The van der Waals surface area contributed by atoms with Crippen LogP contribution in [0.3, 0.4) is 0 Å². The molecule has 0 saturated carbocycles. The van der Waals surface area contributed by atoms with Crippen molar-refractivity contribution < 1.29 is 12.8 Å². The van der Waals surface area contributed by atoms with E-state index < -0.39 is 9.84 Å². The first-order valence-corrected chi connectivity index (χ1v) is 6.86. The Hall–Kier alpha value is -0.810. The van der Waals surface area contributed by atoms with E-state index in [0.29, 0.717) is 18.7 Å². The number of furan rings is 1. The van der Waals surface area contributed by atoms with Gasteiger partial charge in [-0.2, -0.15) is 0 Å². The molecule has 2 rings (SSSR count). The fourth-order valence-electron chi connectivity index (χ4n) is 1.78. The Bertz CT molecular complexity index is 435. The summed E-state index contributed by atoms with van der Waals surface area (Å²) < 4.78 is 27.8. The third kappa shape index (κ3) is 2.82. The number of nitrogens with one attached hydrogen (secondary N) is 1. The summed E-state index contributed by atoms with van der Waals surface area (Å²) >= 11 is 0. The van der Waals surface area contributed by atoms with E-state index in [4.69, 9.17) is 4.42 Å². The molecule has 15 heavy (non-hydrogen) atoms. The molecule has 0 radical (unpaired) electrons. The van der Waals surface area contributed by atoms with E-state index in [1.165, 1.54) is 0 Å². The monoisotopic (exact) mass is 229 g/mol. The Morgan fingerprint density at radius 3 is 2.87 bits per heavy atom. The van der Waals surface area contributed by atoms with Gasteiger partial charge in [0, 0.05) is 6.04 Å². The minimum Gasteiger partial charge on any atom is -0.465 e. The van der Waals surface area contributed by atoms with Crippen LogP contribution in [0.2, 0.25) is 0 Å². The SMILES string of the molecule is Cc1ccc(CNC2CCS(=O)(=O)C2)o1. The van der Waals surface area contributed by atoms with Gasteiger partial charge in [0.15, 0.2) is 9.84 Å². The quantitative estimate of drug-likeness (QED) is 0.835. The van der Waals surface area contributed by atoms with Gasteiger partial charge in [0.2, 0.25) is 0 Å². The van der Waals surface area contributed by atoms with Crippen LogP contribution in [0.15, 0.2) is 16.5 Å². The van der Waals surface area contributed by atoms with E-state index in [-0.39, 0.29) is 11.8 Å². The maximum Gasteiger partial charge on any atom is 0.151 e. The zero-order valence-corrected chi connectivity index (χ0v) is 9.51. The van der Waals surface area contributed by atoms with Crippen LogP contribution in [0.4, 0.5) is 0 Å². The molecule has 5 heteroatoms. The molecule has 2 heterocycles. The molecule has 1 unspecified atom stereocenters. The lowest BCUT2D eigenvalue weighted by Crippen LogP contribution is -2.29. The normalized spacial score (nSPS) is 24.5. The molecule has 1 fully saturated rings. The smallest absolute Gasteiger partial charge is 0.151 e. The highest BCUT2D eigenvalue weighted by Crippen LogP contribution is 2.12. The first-order chi connectivity index (χ1) is 7.05. The summed E-state index contributed by atoms with van der Waals surface area (Å²) in [5, 5.41) is 3.19. The molecule has 0 aliphatic carbocycles. The second kappa shape index (κ2) is 3.98. The minimum absolute atomic E-state index is 0.0837. The van der Waals surface area contributed by atoms with Gasteiger partial charge < -0.3 is 9.73 Å². The van der Waals surface area contributed by atoms with Gasteiger partial charge in [0.05, 0.1) is 18.1 Å². The van der Waals surface area contributed by atoms with Gasteiger partial charge >= 0.3 is 0 Å². The average molecular weight is 229 g/mol. The Kier molecular flexibility index (Phi) is 2.84. The van der Waals surface area contributed by atoms with Crippen LogP contribution >= 0.6 is 0 Å². The van der Waals surface area contributed by atoms with Crippen LogP contribution in [0, 0.1) is 6.92 Å². The van der Waals surface area contributed by atoms with Crippen LogP contribution in [-0.2, 0) is 16.4 Å². The van der Waals surface area contributed by atoms with E-state index in [9.17, 15) is 8.42 Å². The summed E-state index contributed by atoms with van der Waals surface area (Å²) in [5.41, 5.74) is 0. The molecular weight excluding hydrogens is 214 g/mol. The van der Waals surface area contributed by atoms with Crippen molar-refractivity contribution >= 4 is 9.84 Å². The van der Waals surface area contributed by atoms with Gasteiger partial charge in [0.1, 0.15) is 11.5 Å². The zero-order valence-electron chi connectivity index (χ0n) is 8.69. The average Bonchev–Trinajstić information content (AvgIpc) is 2.69. The van der Waals surface area contributed by atoms with Gasteiger partial charge in [-0.05, 0) is 25.5 Å². The number of hydrogen-bond donors (Lipinski definition) is 1. The zero-order chi connectivity index (χ0) is 10.9. The van der Waals surface area contributed by atoms with E-state index in [1.54, 1.807) is 0 Å². The number of hydrogen-bond acceptors (Lipinski definition) is 4. The van der Waals surface area contributed by atoms with Crippen molar-refractivity contribution in [2.75, 3.05) is 11.5 Å². The molecule has 0 aromatic carbocycles. The molecule has 1 aliphatic rings. The summed E-state index contributed by atoms with van der Waals surface area (Å²) in [4.78, 5) is 0. The third-order valence-corrected chi connectivity index (χ3v) is 4.36. The predicted molar refractivity (Wildman–Crippen MR) is 57.3 cm³/mol. The molecule has 1 saturated heterocycles. The van der Waals surface area contributed by atoms with Crippen molar-refractivity contribution in [3.63, 3.8) is 0 Å². The molecule has 84 valence electrons. The summed E-state index contributed by atoms with van der Waals surface area (Å²) in [6.07, 6.45) is 0.710.